The van der Waals surface area contributed by atoms with Crippen molar-refractivity contribution in [2.45, 2.75) is 38.6 Å². The Labute approximate surface area is 117 Å². The van der Waals surface area contributed by atoms with Crippen LogP contribution in [0.3, 0.4) is 0 Å². The van der Waals surface area contributed by atoms with Crippen LogP contribution < -0.4 is 11.1 Å². The third-order valence-electron chi connectivity index (χ3n) is 3.94. The minimum absolute atomic E-state index is 0.00993. The Morgan fingerprint density at radius 2 is 2.25 bits per heavy atom. The maximum atomic E-state index is 12.5. The van der Waals surface area contributed by atoms with Crippen molar-refractivity contribution in [3.05, 3.63) is 18.0 Å². The number of rotatable bonds is 4. The van der Waals surface area contributed by atoms with Gasteiger partial charge in [-0.2, -0.15) is 5.10 Å². The van der Waals surface area contributed by atoms with Gasteiger partial charge in [0.15, 0.2) is 5.84 Å². The topological polar surface area (TPSA) is 106 Å². The summed E-state index contributed by atoms with van der Waals surface area (Å²) in [5.74, 6) is -0.172. The molecule has 0 aromatic carbocycles. The van der Waals surface area contributed by atoms with Gasteiger partial charge in [0.05, 0.1) is 12.2 Å². The Bertz CT molecular complexity index is 503. The number of hydrogen-bond acceptors (Lipinski definition) is 4. The van der Waals surface area contributed by atoms with E-state index in [1.54, 1.807) is 4.68 Å². The number of oxime groups is 1. The van der Waals surface area contributed by atoms with Crippen LogP contribution >= 0.6 is 0 Å². The Hall–Kier alpha value is -2.05. The van der Waals surface area contributed by atoms with Gasteiger partial charge in [0.2, 0.25) is 5.91 Å². The molecule has 0 spiro atoms. The summed E-state index contributed by atoms with van der Waals surface area (Å²) >= 11 is 0. The van der Waals surface area contributed by atoms with Crippen LogP contribution in [0.1, 0.15) is 37.8 Å². The van der Waals surface area contributed by atoms with Gasteiger partial charge in [-0.3, -0.25) is 9.48 Å². The minimum Gasteiger partial charge on any atom is -0.409 e. The Morgan fingerprint density at radius 1 is 1.55 bits per heavy atom. The molecule has 1 fully saturated rings. The summed E-state index contributed by atoms with van der Waals surface area (Å²) in [6.45, 7) is 0.347. The van der Waals surface area contributed by atoms with Crippen molar-refractivity contribution in [3.8, 4) is 0 Å². The molecule has 1 amide bonds. The van der Waals surface area contributed by atoms with Crippen LogP contribution in [0.15, 0.2) is 17.4 Å². The third kappa shape index (κ3) is 2.76. The molecule has 2 rings (SSSR count). The number of hydrogen-bond donors (Lipinski definition) is 3. The molecule has 1 aromatic heterocycles. The van der Waals surface area contributed by atoms with E-state index in [0.29, 0.717) is 19.4 Å². The highest BCUT2D eigenvalue weighted by molar-refractivity contribution is 6.06. The van der Waals surface area contributed by atoms with Gasteiger partial charge in [0, 0.05) is 13.2 Å². The molecule has 20 heavy (non-hydrogen) atoms. The third-order valence-corrected chi connectivity index (χ3v) is 3.94. The maximum Gasteiger partial charge on any atom is 0.234 e. The molecule has 4 N–H and O–H groups in total. The molecule has 0 unspecified atom stereocenters. The van der Waals surface area contributed by atoms with E-state index in [1.807, 2.05) is 19.3 Å². The first-order valence-corrected chi connectivity index (χ1v) is 6.83. The van der Waals surface area contributed by atoms with Crippen molar-refractivity contribution in [2.75, 3.05) is 0 Å². The highest BCUT2D eigenvalue weighted by Gasteiger charge is 2.43. The summed E-state index contributed by atoms with van der Waals surface area (Å²) in [6, 6.07) is 1.84. The number of aromatic nitrogens is 2. The van der Waals surface area contributed by atoms with E-state index in [1.165, 1.54) is 0 Å². The van der Waals surface area contributed by atoms with Crippen molar-refractivity contribution < 1.29 is 10.0 Å². The molecule has 1 saturated carbocycles. The molecule has 0 atom stereocenters. The fourth-order valence-corrected chi connectivity index (χ4v) is 2.75. The van der Waals surface area contributed by atoms with Gasteiger partial charge in [-0.05, 0) is 18.9 Å². The molecule has 1 aromatic rings. The monoisotopic (exact) mass is 279 g/mol. The highest BCUT2D eigenvalue weighted by Crippen LogP contribution is 2.36. The van der Waals surface area contributed by atoms with E-state index in [4.69, 9.17) is 10.9 Å². The Kier molecular flexibility index (Phi) is 4.26. The van der Waals surface area contributed by atoms with E-state index in [9.17, 15) is 4.79 Å². The second kappa shape index (κ2) is 5.94. The average Bonchev–Trinajstić information content (AvgIpc) is 2.90. The van der Waals surface area contributed by atoms with Gasteiger partial charge in [-0.15, -0.1) is 0 Å². The van der Waals surface area contributed by atoms with E-state index >= 15 is 0 Å². The van der Waals surface area contributed by atoms with Crippen molar-refractivity contribution in [3.63, 3.8) is 0 Å². The predicted octanol–water partition coefficient (Wildman–Crippen LogP) is 0.733. The Morgan fingerprint density at radius 3 is 2.80 bits per heavy atom. The molecule has 1 heterocycles. The summed E-state index contributed by atoms with van der Waals surface area (Å²) < 4.78 is 1.68. The number of amidine groups is 1. The molecule has 0 saturated heterocycles. The zero-order valence-electron chi connectivity index (χ0n) is 11.7. The second-order valence-corrected chi connectivity index (χ2v) is 5.29. The molecule has 0 radical (unpaired) electrons. The number of carbonyl (C=O) groups is 1. The molecular formula is C13H21N5O2. The first-order valence-electron chi connectivity index (χ1n) is 6.83. The van der Waals surface area contributed by atoms with Crippen molar-refractivity contribution in [1.82, 2.24) is 15.1 Å². The van der Waals surface area contributed by atoms with E-state index < -0.39 is 5.41 Å². The molecule has 1 aliphatic rings. The molecule has 7 nitrogen and oxygen atoms in total. The molecule has 0 aliphatic heterocycles. The predicted molar refractivity (Wildman–Crippen MR) is 74.0 cm³/mol. The van der Waals surface area contributed by atoms with Crippen molar-refractivity contribution >= 4 is 11.7 Å². The zero-order valence-corrected chi connectivity index (χ0v) is 11.7. The molecule has 0 bridgehead atoms. The minimum atomic E-state index is -0.873. The zero-order chi connectivity index (χ0) is 14.6. The van der Waals surface area contributed by atoms with Gasteiger partial charge >= 0.3 is 0 Å². The number of nitrogens with one attached hydrogen (secondary N) is 1. The van der Waals surface area contributed by atoms with Gasteiger partial charge in [0.25, 0.3) is 0 Å². The maximum absolute atomic E-state index is 12.5. The quantitative estimate of drug-likeness (QED) is 0.327. The van der Waals surface area contributed by atoms with Crippen LogP contribution in [0.5, 0.6) is 0 Å². The van der Waals surface area contributed by atoms with Crippen LogP contribution in [0.4, 0.5) is 0 Å². The van der Waals surface area contributed by atoms with Gasteiger partial charge in [0.1, 0.15) is 5.41 Å². The largest absolute Gasteiger partial charge is 0.409 e. The first-order chi connectivity index (χ1) is 9.58. The fourth-order valence-electron chi connectivity index (χ4n) is 2.75. The molecule has 1 aliphatic carbocycles. The molecular weight excluding hydrogens is 258 g/mol. The van der Waals surface area contributed by atoms with E-state index in [0.717, 1.165) is 25.0 Å². The number of nitrogens with two attached hydrogens (primary N) is 1. The van der Waals surface area contributed by atoms with Crippen LogP contribution in [0, 0.1) is 5.41 Å². The summed E-state index contributed by atoms with van der Waals surface area (Å²) in [5, 5.41) is 19.1. The second-order valence-electron chi connectivity index (χ2n) is 5.29. The number of amides is 1. The van der Waals surface area contributed by atoms with E-state index in [-0.39, 0.29) is 11.7 Å². The van der Waals surface area contributed by atoms with Gasteiger partial charge in [-0.1, -0.05) is 24.4 Å². The number of nitrogens with zero attached hydrogens (tertiary/aromatic N) is 3. The summed E-state index contributed by atoms with van der Waals surface area (Å²) in [4.78, 5) is 12.5. The van der Waals surface area contributed by atoms with Crippen molar-refractivity contribution in [2.24, 2.45) is 23.4 Å². The highest BCUT2D eigenvalue weighted by atomic mass is 16.4. The standard InChI is InChI=1S/C13H21N5O2/c1-18-8-5-10(16-18)9-15-12(19)13(11(14)17-20)6-3-2-4-7-13/h5,8,20H,2-4,6-7,9H2,1H3,(H2,14,17)(H,15,19). The lowest BCUT2D eigenvalue weighted by Gasteiger charge is -2.34. The number of aryl methyl sites for hydroxylation is 1. The van der Waals surface area contributed by atoms with Crippen molar-refractivity contribution in [1.29, 1.82) is 0 Å². The summed E-state index contributed by atoms with van der Waals surface area (Å²) in [6.07, 6.45) is 5.96. The van der Waals surface area contributed by atoms with Crippen LogP contribution in [0.25, 0.3) is 0 Å². The lowest BCUT2D eigenvalue weighted by Crippen LogP contribution is -2.50. The van der Waals surface area contributed by atoms with Crippen LogP contribution in [-0.2, 0) is 18.4 Å². The Balaban J connectivity index is 2.07. The molecule has 110 valence electrons. The average molecular weight is 279 g/mol. The van der Waals surface area contributed by atoms with Crippen LogP contribution in [0.2, 0.25) is 0 Å². The summed E-state index contributed by atoms with van der Waals surface area (Å²) in [7, 11) is 1.82. The molecule has 7 heteroatoms. The SMILES string of the molecule is Cn1ccc(CNC(=O)C2(/C(N)=N/O)CCCCC2)n1. The normalized spacial score (nSPS) is 18.8. The van der Waals surface area contributed by atoms with Crippen LogP contribution in [-0.4, -0.2) is 26.7 Å². The van der Waals surface area contributed by atoms with Gasteiger partial charge < -0.3 is 16.3 Å². The summed E-state index contributed by atoms with van der Waals surface area (Å²) in [5.41, 5.74) is 5.69. The lowest BCUT2D eigenvalue weighted by atomic mass is 9.72. The first kappa shape index (κ1) is 14.4. The van der Waals surface area contributed by atoms with E-state index in [2.05, 4.69) is 15.6 Å². The fraction of sp³-hybridized carbons (Fsp3) is 0.615. The lowest BCUT2D eigenvalue weighted by molar-refractivity contribution is -0.129. The smallest absolute Gasteiger partial charge is 0.234 e. The van der Waals surface area contributed by atoms with Gasteiger partial charge in [-0.25, -0.2) is 0 Å². The number of carbonyl (C=O) groups excluding carboxylic acids is 1.